The van der Waals surface area contributed by atoms with Crippen LogP contribution in [-0.4, -0.2) is 39.8 Å². The quantitative estimate of drug-likeness (QED) is 0.636. The molecule has 0 radical (unpaired) electrons. The number of hydrogen-bond donors (Lipinski definition) is 0. The van der Waals surface area contributed by atoms with E-state index in [4.69, 9.17) is 0 Å². The minimum Gasteiger partial charge on any atom is -0.354 e. The fourth-order valence-corrected chi connectivity index (χ4v) is 5.05. The standard InChI is InChI=1S/C24H26FN5O/c1-28(12-17-4-2-5-21(25)11-17)15-19-7-8-22-20-10-18(14-30(22)24(19)31)13-29(16-20)23-6-3-9-26-27-23/h2-9,11,18,20H,10,12-16H2,1H3/t18-,20+/m0/s1. The summed E-state index contributed by atoms with van der Waals surface area (Å²) >= 11 is 0. The lowest BCUT2D eigenvalue weighted by Crippen LogP contribution is -2.48. The monoisotopic (exact) mass is 419 g/mol. The van der Waals surface area contributed by atoms with E-state index in [1.807, 2.05) is 35.9 Å². The van der Waals surface area contributed by atoms with Gasteiger partial charge in [-0.15, -0.1) is 5.10 Å². The highest BCUT2D eigenvalue weighted by Crippen LogP contribution is 2.36. The first kappa shape index (κ1) is 19.9. The molecule has 0 aliphatic carbocycles. The molecule has 1 fully saturated rings. The van der Waals surface area contributed by atoms with Gasteiger partial charge in [0.05, 0.1) is 0 Å². The number of nitrogens with zero attached hydrogens (tertiary/aromatic N) is 5. The molecule has 3 aromatic rings. The molecule has 2 bridgehead atoms. The van der Waals surface area contributed by atoms with E-state index in [0.717, 1.165) is 48.7 Å². The highest BCUT2D eigenvalue weighted by atomic mass is 19.1. The maximum atomic E-state index is 13.5. The van der Waals surface area contributed by atoms with Gasteiger partial charge >= 0.3 is 0 Å². The van der Waals surface area contributed by atoms with Crippen molar-refractivity contribution in [1.29, 1.82) is 0 Å². The summed E-state index contributed by atoms with van der Waals surface area (Å²) < 4.78 is 15.4. The third kappa shape index (κ3) is 4.10. The van der Waals surface area contributed by atoms with E-state index < -0.39 is 0 Å². The third-order valence-electron chi connectivity index (χ3n) is 6.35. The zero-order valence-corrected chi connectivity index (χ0v) is 17.6. The van der Waals surface area contributed by atoms with Gasteiger partial charge in [-0.25, -0.2) is 4.39 Å². The zero-order valence-electron chi connectivity index (χ0n) is 17.6. The van der Waals surface area contributed by atoms with Crippen molar-refractivity contribution in [1.82, 2.24) is 19.7 Å². The SMILES string of the molecule is CN(Cc1cccc(F)c1)Cc1ccc2n(c1=O)C[C@H]1C[C@@H]2CN(c2cccnn2)C1. The van der Waals surface area contributed by atoms with E-state index in [-0.39, 0.29) is 11.4 Å². The van der Waals surface area contributed by atoms with E-state index in [1.165, 1.54) is 6.07 Å². The van der Waals surface area contributed by atoms with Crippen molar-refractivity contribution in [3.8, 4) is 0 Å². The average Bonchev–Trinajstić information content (AvgIpc) is 2.76. The lowest BCUT2D eigenvalue weighted by Gasteiger charge is -2.43. The van der Waals surface area contributed by atoms with E-state index >= 15 is 0 Å². The van der Waals surface area contributed by atoms with Crippen LogP contribution in [0.4, 0.5) is 10.2 Å². The van der Waals surface area contributed by atoms with E-state index in [1.54, 1.807) is 18.3 Å². The second kappa shape index (κ2) is 8.23. The Morgan fingerprint density at radius 3 is 2.81 bits per heavy atom. The second-order valence-corrected chi connectivity index (χ2v) is 8.79. The molecular formula is C24H26FN5O. The van der Waals surface area contributed by atoms with E-state index in [2.05, 4.69) is 26.1 Å². The summed E-state index contributed by atoms with van der Waals surface area (Å²) in [4.78, 5) is 17.6. The van der Waals surface area contributed by atoms with Gasteiger partial charge in [0.25, 0.3) is 5.56 Å². The first-order valence-corrected chi connectivity index (χ1v) is 10.7. The van der Waals surface area contributed by atoms with Gasteiger partial charge in [0.2, 0.25) is 0 Å². The Hall–Kier alpha value is -3.06. The molecule has 160 valence electrons. The summed E-state index contributed by atoms with van der Waals surface area (Å²) in [7, 11) is 1.96. The normalized spacial score (nSPS) is 20.0. The van der Waals surface area contributed by atoms with Crippen molar-refractivity contribution in [2.75, 3.05) is 25.0 Å². The van der Waals surface area contributed by atoms with Gasteiger partial charge in [0, 0.05) is 56.1 Å². The number of hydrogen-bond acceptors (Lipinski definition) is 5. The number of halogens is 1. The molecule has 0 spiro atoms. The Morgan fingerprint density at radius 1 is 1.10 bits per heavy atom. The van der Waals surface area contributed by atoms with Crippen LogP contribution in [0, 0.1) is 11.7 Å². The molecule has 1 saturated heterocycles. The van der Waals surface area contributed by atoms with Crippen molar-refractivity contribution >= 4 is 5.82 Å². The number of benzene rings is 1. The Kier molecular flexibility index (Phi) is 5.28. The average molecular weight is 420 g/mol. The largest absolute Gasteiger partial charge is 0.354 e. The molecule has 0 unspecified atom stereocenters. The Labute approximate surface area is 181 Å². The summed E-state index contributed by atoms with van der Waals surface area (Å²) in [5, 5.41) is 8.28. The molecule has 6 nitrogen and oxygen atoms in total. The Balaban J connectivity index is 1.34. The van der Waals surface area contributed by atoms with Crippen LogP contribution in [-0.2, 0) is 19.6 Å². The van der Waals surface area contributed by atoms with Gasteiger partial charge in [-0.05, 0) is 55.3 Å². The fourth-order valence-electron chi connectivity index (χ4n) is 5.05. The molecule has 31 heavy (non-hydrogen) atoms. The van der Waals surface area contributed by atoms with Crippen LogP contribution in [0.15, 0.2) is 59.5 Å². The highest BCUT2D eigenvalue weighted by molar-refractivity contribution is 5.39. The van der Waals surface area contributed by atoms with Crippen LogP contribution in [0.25, 0.3) is 0 Å². The first-order chi connectivity index (χ1) is 15.1. The fraction of sp³-hybridized carbons (Fsp3) is 0.375. The van der Waals surface area contributed by atoms with Crippen molar-refractivity contribution in [3.63, 3.8) is 0 Å². The lowest BCUT2D eigenvalue weighted by molar-refractivity contribution is 0.275. The number of pyridine rings is 1. The van der Waals surface area contributed by atoms with Crippen molar-refractivity contribution < 1.29 is 4.39 Å². The molecule has 2 atom stereocenters. The van der Waals surface area contributed by atoms with Gasteiger partial charge < -0.3 is 9.47 Å². The molecule has 0 N–H and O–H groups in total. The zero-order chi connectivity index (χ0) is 21.4. The van der Waals surface area contributed by atoms with Gasteiger partial charge in [0.15, 0.2) is 5.82 Å². The molecule has 7 heteroatoms. The van der Waals surface area contributed by atoms with Crippen molar-refractivity contribution in [2.45, 2.75) is 32.0 Å². The van der Waals surface area contributed by atoms with Crippen molar-refractivity contribution in [2.24, 2.45) is 5.92 Å². The van der Waals surface area contributed by atoms with Crippen LogP contribution in [0.3, 0.4) is 0 Å². The smallest absolute Gasteiger partial charge is 0.255 e. The molecule has 2 aromatic heterocycles. The van der Waals surface area contributed by atoms with Crippen LogP contribution in [0.1, 0.15) is 29.2 Å². The minimum atomic E-state index is -0.234. The van der Waals surface area contributed by atoms with Crippen molar-refractivity contribution in [3.05, 3.63) is 87.7 Å². The number of anilines is 1. The predicted octanol–water partition coefficient (Wildman–Crippen LogP) is 3.03. The predicted molar refractivity (Wildman–Crippen MR) is 117 cm³/mol. The number of aromatic nitrogens is 3. The third-order valence-corrected chi connectivity index (χ3v) is 6.35. The number of fused-ring (bicyclic) bond motifs is 4. The second-order valence-electron chi connectivity index (χ2n) is 8.79. The summed E-state index contributed by atoms with van der Waals surface area (Å²) in [5.41, 5.74) is 2.91. The number of rotatable bonds is 5. The van der Waals surface area contributed by atoms with Gasteiger partial charge in [-0.2, -0.15) is 5.10 Å². The molecule has 0 amide bonds. The topological polar surface area (TPSA) is 54.3 Å². The highest BCUT2D eigenvalue weighted by Gasteiger charge is 2.35. The van der Waals surface area contributed by atoms with Crippen LogP contribution in [0.2, 0.25) is 0 Å². The van der Waals surface area contributed by atoms with E-state index in [9.17, 15) is 9.18 Å². The molecular weight excluding hydrogens is 393 g/mol. The first-order valence-electron chi connectivity index (χ1n) is 10.7. The number of piperidine rings is 1. The minimum absolute atomic E-state index is 0.103. The summed E-state index contributed by atoms with van der Waals surface area (Å²) in [6.07, 6.45) is 2.80. The van der Waals surface area contributed by atoms with Gasteiger partial charge in [-0.1, -0.05) is 18.2 Å². The molecule has 4 heterocycles. The van der Waals surface area contributed by atoms with E-state index in [0.29, 0.717) is 24.9 Å². The summed E-state index contributed by atoms with van der Waals surface area (Å²) in [6, 6.07) is 14.6. The molecule has 5 rings (SSSR count). The van der Waals surface area contributed by atoms with Crippen LogP contribution >= 0.6 is 0 Å². The molecule has 1 aromatic carbocycles. The maximum absolute atomic E-state index is 13.5. The molecule has 2 aliphatic rings. The maximum Gasteiger partial charge on any atom is 0.255 e. The Bertz CT molecular complexity index is 1130. The summed E-state index contributed by atoms with van der Waals surface area (Å²) in [5.74, 6) is 1.41. The molecule has 2 aliphatic heterocycles. The summed E-state index contributed by atoms with van der Waals surface area (Å²) in [6.45, 7) is 3.62. The van der Waals surface area contributed by atoms with Crippen LogP contribution < -0.4 is 10.5 Å². The molecule has 0 saturated carbocycles. The Morgan fingerprint density at radius 2 is 2.00 bits per heavy atom. The van der Waals surface area contributed by atoms with Crippen LogP contribution in [0.5, 0.6) is 0 Å². The van der Waals surface area contributed by atoms with Gasteiger partial charge in [0.1, 0.15) is 5.82 Å². The van der Waals surface area contributed by atoms with Gasteiger partial charge in [-0.3, -0.25) is 9.69 Å². The lowest BCUT2D eigenvalue weighted by atomic mass is 9.83.